The van der Waals surface area contributed by atoms with Gasteiger partial charge in [-0.15, -0.1) is 5.73 Å². The molecule has 0 bridgehead atoms. The molecule has 0 aliphatic heterocycles. The highest BCUT2D eigenvalue weighted by molar-refractivity contribution is 5.84. The second kappa shape index (κ2) is 12.0. The number of carbonyl (C=O) groups is 2. The van der Waals surface area contributed by atoms with Gasteiger partial charge in [0, 0.05) is 18.8 Å². The van der Waals surface area contributed by atoms with E-state index in [1.165, 1.54) is 25.7 Å². The van der Waals surface area contributed by atoms with Crippen LogP contribution in [0.25, 0.3) is 0 Å². The van der Waals surface area contributed by atoms with Crippen molar-refractivity contribution in [3.05, 3.63) is 29.0 Å². The first-order valence-corrected chi connectivity index (χ1v) is 10.5. The number of Topliss-reactive ketones (excluding diaryl/α,β-unsaturated/α-hetero) is 1. The summed E-state index contributed by atoms with van der Waals surface area (Å²) in [6, 6.07) is 0. The second-order valence-corrected chi connectivity index (χ2v) is 7.92. The van der Waals surface area contributed by atoms with Crippen molar-refractivity contribution in [1.82, 2.24) is 0 Å². The van der Waals surface area contributed by atoms with Crippen LogP contribution in [0.3, 0.4) is 0 Å². The number of ketones is 1. The van der Waals surface area contributed by atoms with Gasteiger partial charge in [0.05, 0.1) is 0 Å². The van der Waals surface area contributed by atoms with Gasteiger partial charge in [0.2, 0.25) is 0 Å². The number of carboxylic acid groups (broad SMARTS) is 1. The molecular weight excluding hydrogens is 356 g/mol. The summed E-state index contributed by atoms with van der Waals surface area (Å²) in [6.07, 6.45) is 12.5. The van der Waals surface area contributed by atoms with Gasteiger partial charge < -0.3 is 15.3 Å². The van der Waals surface area contributed by atoms with E-state index in [4.69, 9.17) is 5.11 Å². The third-order valence-corrected chi connectivity index (χ3v) is 5.41. The normalized spacial score (nSPS) is 19.8. The molecule has 0 amide bonds. The average Bonchev–Trinajstić information content (AvgIpc) is 2.97. The lowest BCUT2D eigenvalue weighted by molar-refractivity contribution is -0.202. The van der Waals surface area contributed by atoms with Crippen molar-refractivity contribution in [3.63, 3.8) is 0 Å². The lowest BCUT2D eigenvalue weighted by atomic mass is 9.88. The molecule has 1 saturated carbocycles. The highest BCUT2D eigenvalue weighted by atomic mass is 16.5. The zero-order valence-corrected chi connectivity index (χ0v) is 17.5. The Bertz CT molecular complexity index is 623. The molecule has 2 atom stereocenters. The van der Waals surface area contributed by atoms with E-state index in [9.17, 15) is 19.8 Å². The molecule has 0 unspecified atom stereocenters. The van der Waals surface area contributed by atoms with Gasteiger partial charge in [0.15, 0.2) is 0 Å². The molecule has 1 aliphatic rings. The van der Waals surface area contributed by atoms with E-state index in [1.54, 1.807) is 0 Å². The molecule has 0 aromatic rings. The molecule has 0 spiro atoms. The molecule has 0 saturated heterocycles. The molecule has 1 aliphatic carbocycles. The van der Waals surface area contributed by atoms with Crippen molar-refractivity contribution in [1.29, 1.82) is 0 Å². The van der Waals surface area contributed by atoms with Gasteiger partial charge in [-0.3, -0.25) is 4.79 Å². The van der Waals surface area contributed by atoms with Gasteiger partial charge in [-0.2, -0.15) is 0 Å². The molecule has 5 nitrogen and oxygen atoms in total. The van der Waals surface area contributed by atoms with Gasteiger partial charge in [-0.05, 0) is 56.1 Å². The smallest absolute Gasteiger partial charge is 0.364 e. The van der Waals surface area contributed by atoms with Gasteiger partial charge in [-0.25, -0.2) is 4.79 Å². The van der Waals surface area contributed by atoms with Crippen LogP contribution in [0, 0.1) is 11.8 Å². The number of hydrogen-bond donors (Lipinski definition) is 3. The molecule has 1 fully saturated rings. The van der Waals surface area contributed by atoms with E-state index >= 15 is 0 Å². The molecule has 0 aromatic heterocycles. The van der Waals surface area contributed by atoms with E-state index in [0.717, 1.165) is 18.4 Å². The summed E-state index contributed by atoms with van der Waals surface area (Å²) in [6.45, 7) is 5.88. The molecule has 28 heavy (non-hydrogen) atoms. The van der Waals surface area contributed by atoms with Gasteiger partial charge in [-0.1, -0.05) is 45.3 Å². The summed E-state index contributed by atoms with van der Waals surface area (Å²) in [7, 11) is 0. The highest BCUT2D eigenvalue weighted by Crippen LogP contribution is 2.34. The molecule has 1 rings (SSSR count). The number of aliphatic hydroxyl groups is 2. The van der Waals surface area contributed by atoms with Crippen LogP contribution in [-0.4, -0.2) is 32.9 Å². The fraction of sp³-hybridized carbons (Fsp3) is 0.696. The molecule has 5 heteroatoms. The van der Waals surface area contributed by atoms with Crippen molar-refractivity contribution >= 4 is 11.8 Å². The fourth-order valence-electron chi connectivity index (χ4n) is 3.70. The summed E-state index contributed by atoms with van der Waals surface area (Å²) in [4.78, 5) is 23.2. The third kappa shape index (κ3) is 8.14. The topological polar surface area (TPSA) is 94.8 Å². The molecule has 0 aromatic carbocycles. The number of allylic oxidation sites excluding steroid dienone is 2. The van der Waals surface area contributed by atoms with E-state index in [1.807, 2.05) is 13.8 Å². The number of rotatable bonds is 12. The standard InChI is InChI=1S/C23H36O5/c1-4-6-7-8-9-10-11-19-12-13-21(24)20(19)15-17(3)14-18(5-2)16-23(27,28)22(25)26/h10-11,19-20,27-28H,4-9,12-13,15-16H2,1-3H3,(H,25,26)/t14?,19-,20+/m0/s1. The van der Waals surface area contributed by atoms with Crippen LogP contribution in [0.1, 0.15) is 85.0 Å². The Labute approximate surface area is 168 Å². The minimum atomic E-state index is -2.79. The van der Waals surface area contributed by atoms with E-state index < -0.39 is 18.2 Å². The molecular formula is C23H36O5. The Balaban J connectivity index is 2.78. The first-order valence-electron chi connectivity index (χ1n) is 10.5. The molecule has 3 N–H and O–H groups in total. The SMILES string of the molecule is CCCCCCC=C[C@H]1CCC(=O)[C@@H]1CC(C)=C=C(CC)CC(O)(O)C(=O)O. The van der Waals surface area contributed by atoms with Crippen LogP contribution < -0.4 is 0 Å². The average molecular weight is 393 g/mol. The van der Waals surface area contributed by atoms with Gasteiger partial charge >= 0.3 is 5.97 Å². The van der Waals surface area contributed by atoms with Crippen molar-refractivity contribution in [2.75, 3.05) is 0 Å². The van der Waals surface area contributed by atoms with Crippen molar-refractivity contribution in [2.24, 2.45) is 11.8 Å². The summed E-state index contributed by atoms with van der Waals surface area (Å²) in [5, 5.41) is 28.0. The van der Waals surface area contributed by atoms with Crippen molar-refractivity contribution in [3.8, 4) is 0 Å². The fourth-order valence-corrected chi connectivity index (χ4v) is 3.70. The maximum absolute atomic E-state index is 12.3. The minimum Gasteiger partial charge on any atom is -0.477 e. The Hall–Kier alpha value is -1.68. The number of hydrogen-bond acceptors (Lipinski definition) is 4. The Morgan fingerprint density at radius 1 is 1.25 bits per heavy atom. The number of carboxylic acids is 1. The van der Waals surface area contributed by atoms with Crippen LogP contribution in [0.2, 0.25) is 0 Å². The largest absolute Gasteiger partial charge is 0.477 e. The van der Waals surface area contributed by atoms with Gasteiger partial charge in [0.25, 0.3) is 5.79 Å². The zero-order valence-electron chi connectivity index (χ0n) is 17.5. The van der Waals surface area contributed by atoms with Crippen LogP contribution >= 0.6 is 0 Å². The maximum atomic E-state index is 12.3. The summed E-state index contributed by atoms with van der Waals surface area (Å²) < 4.78 is 0. The summed E-state index contributed by atoms with van der Waals surface area (Å²) >= 11 is 0. The van der Waals surface area contributed by atoms with Crippen LogP contribution in [0.5, 0.6) is 0 Å². The lowest BCUT2D eigenvalue weighted by Gasteiger charge is -2.17. The Morgan fingerprint density at radius 2 is 1.96 bits per heavy atom. The van der Waals surface area contributed by atoms with Gasteiger partial charge in [0.1, 0.15) is 5.78 Å². The summed E-state index contributed by atoms with van der Waals surface area (Å²) in [5.74, 6) is -4.01. The monoisotopic (exact) mass is 392 g/mol. The Morgan fingerprint density at radius 3 is 2.57 bits per heavy atom. The second-order valence-electron chi connectivity index (χ2n) is 7.92. The van der Waals surface area contributed by atoms with Crippen LogP contribution in [0.4, 0.5) is 0 Å². The first kappa shape index (κ1) is 24.4. The first-order chi connectivity index (χ1) is 13.2. The van der Waals surface area contributed by atoms with Crippen molar-refractivity contribution < 1.29 is 24.9 Å². The van der Waals surface area contributed by atoms with Crippen LogP contribution in [0.15, 0.2) is 29.0 Å². The van der Waals surface area contributed by atoms with Crippen molar-refractivity contribution in [2.45, 2.75) is 90.8 Å². The van der Waals surface area contributed by atoms with Crippen LogP contribution in [-0.2, 0) is 9.59 Å². The van der Waals surface area contributed by atoms with E-state index in [0.29, 0.717) is 24.8 Å². The molecule has 158 valence electrons. The summed E-state index contributed by atoms with van der Waals surface area (Å²) in [5.41, 5.74) is 4.48. The van der Waals surface area contributed by atoms with E-state index in [2.05, 4.69) is 24.8 Å². The van der Waals surface area contributed by atoms with E-state index in [-0.39, 0.29) is 17.6 Å². The number of carbonyl (C=O) groups excluding carboxylic acids is 1. The maximum Gasteiger partial charge on any atom is 0.364 e. The zero-order chi connectivity index (χ0) is 21.2. The Kier molecular flexibility index (Phi) is 10.4. The predicted molar refractivity (Wildman–Crippen MR) is 110 cm³/mol. The number of unbranched alkanes of at least 4 members (excludes halogenated alkanes) is 4. The molecule has 0 heterocycles. The third-order valence-electron chi connectivity index (χ3n) is 5.41. The lowest BCUT2D eigenvalue weighted by Crippen LogP contribution is -2.38. The number of aliphatic carboxylic acids is 1. The highest BCUT2D eigenvalue weighted by Gasteiger charge is 2.34. The predicted octanol–water partition coefficient (Wildman–Crippen LogP) is 4.54. The minimum absolute atomic E-state index is 0.0648. The quantitative estimate of drug-likeness (QED) is 0.196. The molecule has 0 radical (unpaired) electrons.